The molecule has 6 heteroatoms. The summed E-state index contributed by atoms with van der Waals surface area (Å²) in [6.07, 6.45) is 2.30. The van der Waals surface area contributed by atoms with Gasteiger partial charge in [-0.05, 0) is 60.9 Å². The van der Waals surface area contributed by atoms with Gasteiger partial charge in [-0.2, -0.15) is 0 Å². The fraction of sp³-hybridized carbons (Fsp3) is 0.217. The highest BCUT2D eigenvalue weighted by molar-refractivity contribution is 5.93. The molecule has 0 unspecified atom stereocenters. The topological polar surface area (TPSA) is 72.5 Å². The highest BCUT2D eigenvalue weighted by Gasteiger charge is 2.09. The molecule has 0 aliphatic rings. The number of benzene rings is 2. The zero-order valence-electron chi connectivity index (χ0n) is 16.9. The molecule has 1 amide bonds. The Morgan fingerprint density at radius 2 is 1.76 bits per heavy atom. The summed E-state index contributed by atoms with van der Waals surface area (Å²) in [4.78, 5) is 16.7. The van der Waals surface area contributed by atoms with Gasteiger partial charge < -0.3 is 20.1 Å². The molecule has 2 N–H and O–H groups in total. The predicted octanol–water partition coefficient (Wildman–Crippen LogP) is 4.12. The van der Waals surface area contributed by atoms with Crippen LogP contribution in [0.5, 0.6) is 11.5 Å². The van der Waals surface area contributed by atoms with Crippen LogP contribution in [0.15, 0.2) is 60.8 Å². The van der Waals surface area contributed by atoms with Crippen molar-refractivity contribution in [1.29, 1.82) is 0 Å². The lowest BCUT2D eigenvalue weighted by atomic mass is 10.1. The lowest BCUT2D eigenvalue weighted by Gasteiger charge is -2.11. The molecule has 0 aliphatic carbocycles. The van der Waals surface area contributed by atoms with Crippen LogP contribution in [0.25, 0.3) is 0 Å². The molecule has 2 aromatic carbocycles. The van der Waals surface area contributed by atoms with Crippen LogP contribution in [-0.4, -0.2) is 31.7 Å². The maximum Gasteiger partial charge on any atom is 0.269 e. The lowest BCUT2D eigenvalue weighted by molar-refractivity contribution is 0.0949. The quantitative estimate of drug-likeness (QED) is 0.604. The van der Waals surface area contributed by atoms with Crippen LogP contribution in [0, 0.1) is 6.92 Å². The van der Waals surface area contributed by atoms with Crippen LogP contribution in [-0.2, 0) is 6.42 Å². The van der Waals surface area contributed by atoms with Crippen molar-refractivity contribution >= 4 is 17.3 Å². The molecular weight excluding hydrogens is 366 g/mol. The number of hydrogen-bond acceptors (Lipinski definition) is 5. The number of nitrogens with zero attached hydrogens (tertiary/aromatic N) is 1. The minimum Gasteiger partial charge on any atom is -0.493 e. The Labute approximate surface area is 170 Å². The van der Waals surface area contributed by atoms with E-state index in [1.165, 1.54) is 0 Å². The van der Waals surface area contributed by atoms with Crippen molar-refractivity contribution < 1.29 is 14.3 Å². The Hall–Kier alpha value is -3.54. The van der Waals surface area contributed by atoms with E-state index in [0.717, 1.165) is 22.5 Å². The molecule has 1 aromatic heterocycles. The van der Waals surface area contributed by atoms with Gasteiger partial charge >= 0.3 is 0 Å². The zero-order chi connectivity index (χ0) is 20.6. The van der Waals surface area contributed by atoms with E-state index >= 15 is 0 Å². The van der Waals surface area contributed by atoms with Gasteiger partial charge in [-0.3, -0.25) is 9.78 Å². The molecule has 29 heavy (non-hydrogen) atoms. The molecule has 0 fully saturated rings. The number of rotatable bonds is 8. The number of nitrogens with one attached hydrogen (secondary N) is 2. The van der Waals surface area contributed by atoms with Crippen molar-refractivity contribution in [3.05, 3.63) is 77.6 Å². The molecule has 0 atom stereocenters. The number of amides is 1. The van der Waals surface area contributed by atoms with E-state index in [1.54, 1.807) is 26.5 Å². The van der Waals surface area contributed by atoms with E-state index in [9.17, 15) is 4.79 Å². The maximum absolute atomic E-state index is 12.5. The number of pyridine rings is 1. The lowest BCUT2D eigenvalue weighted by Crippen LogP contribution is -2.26. The van der Waals surface area contributed by atoms with Gasteiger partial charge in [-0.1, -0.05) is 18.2 Å². The Bertz CT molecular complexity index is 989. The van der Waals surface area contributed by atoms with E-state index in [1.807, 2.05) is 55.5 Å². The van der Waals surface area contributed by atoms with E-state index in [-0.39, 0.29) is 5.91 Å². The molecule has 0 bridgehead atoms. The number of methoxy groups -OCH3 is 2. The molecule has 0 saturated carbocycles. The third kappa shape index (κ3) is 5.48. The smallest absolute Gasteiger partial charge is 0.269 e. The summed E-state index contributed by atoms with van der Waals surface area (Å²) >= 11 is 0. The Kier molecular flexibility index (Phi) is 6.68. The average Bonchev–Trinajstić information content (AvgIpc) is 2.73. The molecule has 0 aliphatic heterocycles. The van der Waals surface area contributed by atoms with Crippen LogP contribution in [0.4, 0.5) is 11.4 Å². The first-order valence-electron chi connectivity index (χ1n) is 9.38. The predicted molar refractivity (Wildman–Crippen MR) is 114 cm³/mol. The maximum atomic E-state index is 12.5. The summed E-state index contributed by atoms with van der Waals surface area (Å²) in [6.45, 7) is 2.53. The van der Waals surface area contributed by atoms with Gasteiger partial charge in [-0.15, -0.1) is 0 Å². The minimum atomic E-state index is -0.210. The van der Waals surface area contributed by atoms with E-state index in [2.05, 4.69) is 15.6 Å². The highest BCUT2D eigenvalue weighted by atomic mass is 16.5. The monoisotopic (exact) mass is 391 g/mol. The third-order valence-electron chi connectivity index (χ3n) is 4.45. The van der Waals surface area contributed by atoms with Crippen LogP contribution in [0.2, 0.25) is 0 Å². The van der Waals surface area contributed by atoms with Crippen molar-refractivity contribution in [2.45, 2.75) is 13.3 Å². The minimum absolute atomic E-state index is 0.210. The summed E-state index contributed by atoms with van der Waals surface area (Å²) in [6, 6.07) is 17.4. The standard InChI is InChI=1S/C23H25N3O3/c1-16-5-4-6-18(13-16)26-19-10-12-24-20(15-19)23(27)25-11-9-17-7-8-21(28-2)22(14-17)29-3/h4-8,10,12-15H,9,11H2,1-3H3,(H,24,26)(H,25,27). The number of carbonyl (C=O) groups excluding carboxylic acids is 1. The third-order valence-corrected chi connectivity index (χ3v) is 4.45. The number of ether oxygens (including phenoxy) is 2. The molecule has 150 valence electrons. The van der Waals surface area contributed by atoms with Gasteiger partial charge in [0.15, 0.2) is 11.5 Å². The second kappa shape index (κ2) is 9.59. The van der Waals surface area contributed by atoms with Crippen LogP contribution in [0.1, 0.15) is 21.6 Å². The zero-order valence-corrected chi connectivity index (χ0v) is 16.9. The first-order chi connectivity index (χ1) is 14.1. The summed E-state index contributed by atoms with van der Waals surface area (Å²) in [7, 11) is 3.21. The Morgan fingerprint density at radius 3 is 2.52 bits per heavy atom. The number of hydrogen-bond donors (Lipinski definition) is 2. The van der Waals surface area contributed by atoms with Crippen LogP contribution >= 0.6 is 0 Å². The molecule has 3 aromatic rings. The normalized spacial score (nSPS) is 10.3. The van der Waals surface area contributed by atoms with Crippen LogP contribution in [0.3, 0.4) is 0 Å². The van der Waals surface area contributed by atoms with Gasteiger partial charge in [0.2, 0.25) is 0 Å². The fourth-order valence-corrected chi connectivity index (χ4v) is 2.97. The second-order valence-corrected chi connectivity index (χ2v) is 6.62. The van der Waals surface area contributed by atoms with Crippen molar-refractivity contribution in [3.8, 4) is 11.5 Å². The highest BCUT2D eigenvalue weighted by Crippen LogP contribution is 2.27. The van der Waals surface area contributed by atoms with Gasteiger partial charge in [0.1, 0.15) is 5.69 Å². The average molecular weight is 391 g/mol. The van der Waals surface area contributed by atoms with E-state index < -0.39 is 0 Å². The van der Waals surface area contributed by atoms with Crippen molar-refractivity contribution in [1.82, 2.24) is 10.3 Å². The van der Waals surface area contributed by atoms with Crippen molar-refractivity contribution in [3.63, 3.8) is 0 Å². The first kappa shape index (κ1) is 20.2. The summed E-state index contributed by atoms with van der Waals surface area (Å²) in [5.74, 6) is 1.15. The number of anilines is 2. The molecule has 3 rings (SSSR count). The van der Waals surface area contributed by atoms with Gasteiger partial charge in [0, 0.05) is 24.1 Å². The molecular formula is C23H25N3O3. The second-order valence-electron chi connectivity index (χ2n) is 6.62. The summed E-state index contributed by atoms with van der Waals surface area (Å²) in [5.41, 5.74) is 4.37. The Morgan fingerprint density at radius 1 is 0.966 bits per heavy atom. The van der Waals surface area contributed by atoms with Gasteiger partial charge in [0.05, 0.1) is 14.2 Å². The first-order valence-corrected chi connectivity index (χ1v) is 9.38. The van der Waals surface area contributed by atoms with Gasteiger partial charge in [0.25, 0.3) is 5.91 Å². The molecule has 0 saturated heterocycles. The summed E-state index contributed by atoms with van der Waals surface area (Å²) in [5, 5.41) is 6.21. The number of carbonyl (C=O) groups is 1. The summed E-state index contributed by atoms with van der Waals surface area (Å²) < 4.78 is 10.6. The fourth-order valence-electron chi connectivity index (χ4n) is 2.97. The van der Waals surface area contributed by atoms with E-state index in [4.69, 9.17) is 9.47 Å². The SMILES string of the molecule is COc1ccc(CCNC(=O)c2cc(Nc3cccc(C)c3)ccn2)cc1OC. The molecule has 6 nitrogen and oxygen atoms in total. The largest absolute Gasteiger partial charge is 0.493 e. The molecule has 0 radical (unpaired) electrons. The molecule has 1 heterocycles. The van der Waals surface area contributed by atoms with E-state index in [0.29, 0.717) is 30.2 Å². The van der Waals surface area contributed by atoms with Gasteiger partial charge in [-0.25, -0.2) is 0 Å². The van der Waals surface area contributed by atoms with Crippen molar-refractivity contribution in [2.24, 2.45) is 0 Å². The van der Waals surface area contributed by atoms with Crippen LogP contribution < -0.4 is 20.1 Å². The number of aromatic nitrogens is 1. The molecule has 0 spiro atoms. The Balaban J connectivity index is 1.58. The van der Waals surface area contributed by atoms with Crippen molar-refractivity contribution in [2.75, 3.05) is 26.1 Å². The number of aryl methyl sites for hydroxylation is 1.